The summed E-state index contributed by atoms with van der Waals surface area (Å²) in [5.74, 6) is 1.16. The molecule has 0 saturated heterocycles. The second kappa shape index (κ2) is 4.25. The van der Waals surface area contributed by atoms with Gasteiger partial charge in [-0.1, -0.05) is 0 Å². The molecule has 5 nitrogen and oxygen atoms in total. The Morgan fingerprint density at radius 1 is 1.38 bits per heavy atom. The Hall–Kier alpha value is -1.36. The van der Waals surface area contributed by atoms with Crippen LogP contribution in [0, 0.1) is 0 Å². The van der Waals surface area contributed by atoms with Crippen LogP contribution in [0.1, 0.15) is 19.3 Å². The van der Waals surface area contributed by atoms with Crippen LogP contribution < -0.4 is 11.1 Å². The fraction of sp³-hybridized carbons (Fsp3) is 0.636. The van der Waals surface area contributed by atoms with Crippen molar-refractivity contribution >= 4 is 11.6 Å². The number of nitrogens with zero attached hydrogens (tertiary/aromatic N) is 3. The van der Waals surface area contributed by atoms with Crippen molar-refractivity contribution in [3.8, 4) is 0 Å². The van der Waals surface area contributed by atoms with Crippen LogP contribution in [0.3, 0.4) is 0 Å². The van der Waals surface area contributed by atoms with Crippen LogP contribution in [0.25, 0.3) is 0 Å². The van der Waals surface area contributed by atoms with Crippen LogP contribution in [-0.2, 0) is 0 Å². The molecule has 1 saturated carbocycles. The van der Waals surface area contributed by atoms with Crippen molar-refractivity contribution in [2.45, 2.75) is 24.8 Å². The maximum Gasteiger partial charge on any atom is 0.168 e. The third-order valence-electron chi connectivity index (χ3n) is 3.54. The first-order valence-corrected chi connectivity index (χ1v) is 5.62. The van der Waals surface area contributed by atoms with Crippen molar-refractivity contribution in [1.29, 1.82) is 0 Å². The van der Waals surface area contributed by atoms with E-state index in [0.29, 0.717) is 11.6 Å². The van der Waals surface area contributed by atoms with Gasteiger partial charge in [-0.05, 0) is 33.4 Å². The zero-order valence-corrected chi connectivity index (χ0v) is 9.90. The first kappa shape index (κ1) is 11.1. The lowest BCUT2D eigenvalue weighted by Crippen LogP contribution is -2.54. The van der Waals surface area contributed by atoms with Gasteiger partial charge in [-0.2, -0.15) is 0 Å². The minimum absolute atomic E-state index is 0.268. The first-order chi connectivity index (χ1) is 7.64. The number of anilines is 2. The Bertz CT molecular complexity index is 359. The normalized spacial score (nSPS) is 18.2. The van der Waals surface area contributed by atoms with Gasteiger partial charge in [0, 0.05) is 24.5 Å². The maximum atomic E-state index is 5.74. The number of hydrogen-bond donors (Lipinski definition) is 2. The highest BCUT2D eigenvalue weighted by Crippen LogP contribution is 2.36. The van der Waals surface area contributed by atoms with Crippen molar-refractivity contribution in [3.05, 3.63) is 12.4 Å². The molecule has 0 amide bonds. The van der Waals surface area contributed by atoms with Crippen LogP contribution in [0.15, 0.2) is 12.4 Å². The summed E-state index contributed by atoms with van der Waals surface area (Å²) in [5.41, 5.74) is 6.00. The van der Waals surface area contributed by atoms with E-state index in [1.54, 1.807) is 12.4 Å². The topological polar surface area (TPSA) is 67.1 Å². The summed E-state index contributed by atoms with van der Waals surface area (Å²) in [6, 6.07) is 0. The predicted octanol–water partition coefficient (Wildman–Crippen LogP) is 0.955. The average Bonchev–Trinajstić information content (AvgIpc) is 2.18. The molecule has 0 aliphatic heterocycles. The lowest BCUT2D eigenvalue weighted by atomic mass is 9.75. The van der Waals surface area contributed by atoms with Crippen LogP contribution in [0.5, 0.6) is 0 Å². The molecule has 1 aliphatic carbocycles. The summed E-state index contributed by atoms with van der Waals surface area (Å²) in [6.45, 7) is 0.878. The lowest BCUT2D eigenvalue weighted by molar-refractivity contribution is 0.0738. The Labute approximate surface area is 96.1 Å². The van der Waals surface area contributed by atoms with Crippen LogP contribution >= 0.6 is 0 Å². The maximum absolute atomic E-state index is 5.74. The molecule has 1 fully saturated rings. The minimum Gasteiger partial charge on any atom is -0.381 e. The van der Waals surface area contributed by atoms with Gasteiger partial charge >= 0.3 is 0 Å². The molecule has 0 atom stereocenters. The van der Waals surface area contributed by atoms with Crippen LogP contribution in [0.2, 0.25) is 0 Å². The zero-order valence-electron chi connectivity index (χ0n) is 9.90. The molecule has 1 aromatic heterocycles. The molecule has 1 aliphatic rings. The third-order valence-corrected chi connectivity index (χ3v) is 3.54. The SMILES string of the molecule is CN(C)C1(CNc2nccnc2N)CCC1. The number of hydrogen-bond acceptors (Lipinski definition) is 5. The molecule has 0 spiro atoms. The standard InChI is InChI=1S/C11H19N5/c1-16(2)11(4-3-5-11)8-15-10-9(12)13-6-7-14-10/h6-7H,3-5,8H2,1-2H3,(H2,12,13)(H,14,15). The highest BCUT2D eigenvalue weighted by Gasteiger charge is 2.38. The van der Waals surface area contributed by atoms with E-state index in [0.717, 1.165) is 6.54 Å². The van der Waals surface area contributed by atoms with Gasteiger partial charge < -0.3 is 16.0 Å². The summed E-state index contributed by atoms with van der Waals surface area (Å²) in [5, 5.41) is 3.30. The summed E-state index contributed by atoms with van der Waals surface area (Å²) in [4.78, 5) is 10.5. The molecule has 88 valence electrons. The summed E-state index contributed by atoms with van der Waals surface area (Å²) < 4.78 is 0. The van der Waals surface area contributed by atoms with Crippen LogP contribution in [-0.4, -0.2) is 41.0 Å². The van der Waals surface area contributed by atoms with E-state index in [-0.39, 0.29) is 5.54 Å². The van der Waals surface area contributed by atoms with E-state index >= 15 is 0 Å². The molecule has 0 aromatic carbocycles. The van der Waals surface area contributed by atoms with Gasteiger partial charge in [0.1, 0.15) is 0 Å². The second-order valence-electron chi connectivity index (χ2n) is 4.62. The van der Waals surface area contributed by atoms with Gasteiger partial charge in [-0.3, -0.25) is 0 Å². The minimum atomic E-state index is 0.268. The fourth-order valence-corrected chi connectivity index (χ4v) is 2.10. The number of aromatic nitrogens is 2. The van der Waals surface area contributed by atoms with Crippen molar-refractivity contribution in [2.24, 2.45) is 0 Å². The molecule has 2 rings (SSSR count). The third kappa shape index (κ3) is 1.95. The highest BCUT2D eigenvalue weighted by atomic mass is 15.2. The van der Waals surface area contributed by atoms with Gasteiger partial charge in [0.05, 0.1) is 0 Å². The number of rotatable bonds is 4. The smallest absolute Gasteiger partial charge is 0.168 e. The van der Waals surface area contributed by atoms with Crippen molar-refractivity contribution in [2.75, 3.05) is 31.7 Å². The molecule has 1 heterocycles. The predicted molar refractivity (Wildman–Crippen MR) is 65.2 cm³/mol. The van der Waals surface area contributed by atoms with Crippen molar-refractivity contribution in [3.63, 3.8) is 0 Å². The Morgan fingerprint density at radius 2 is 2.06 bits per heavy atom. The van der Waals surface area contributed by atoms with Crippen molar-refractivity contribution in [1.82, 2.24) is 14.9 Å². The van der Waals surface area contributed by atoms with E-state index in [2.05, 4.69) is 34.3 Å². The molecule has 3 N–H and O–H groups in total. The summed E-state index contributed by atoms with van der Waals surface area (Å²) in [6.07, 6.45) is 7.02. The largest absolute Gasteiger partial charge is 0.381 e. The second-order valence-corrected chi connectivity index (χ2v) is 4.62. The van der Waals surface area contributed by atoms with Gasteiger partial charge in [0.25, 0.3) is 0 Å². The molecule has 0 unspecified atom stereocenters. The average molecular weight is 221 g/mol. The molecule has 0 bridgehead atoms. The zero-order chi connectivity index (χ0) is 11.6. The lowest BCUT2D eigenvalue weighted by Gasteiger charge is -2.47. The molecular formula is C11H19N5. The number of nitrogen functional groups attached to an aromatic ring is 1. The molecule has 16 heavy (non-hydrogen) atoms. The van der Waals surface area contributed by atoms with Gasteiger partial charge in [-0.25, -0.2) is 9.97 Å². The highest BCUT2D eigenvalue weighted by molar-refractivity contribution is 5.55. The van der Waals surface area contributed by atoms with Crippen molar-refractivity contribution < 1.29 is 0 Å². The van der Waals surface area contributed by atoms with E-state index in [1.165, 1.54) is 19.3 Å². The van der Waals surface area contributed by atoms with E-state index in [4.69, 9.17) is 5.73 Å². The van der Waals surface area contributed by atoms with E-state index < -0.39 is 0 Å². The van der Waals surface area contributed by atoms with E-state index in [1.807, 2.05) is 0 Å². The van der Waals surface area contributed by atoms with Gasteiger partial charge in [0.15, 0.2) is 11.6 Å². The Balaban J connectivity index is 1.99. The Morgan fingerprint density at radius 3 is 2.56 bits per heavy atom. The van der Waals surface area contributed by atoms with Gasteiger partial charge in [-0.15, -0.1) is 0 Å². The molecular weight excluding hydrogens is 202 g/mol. The van der Waals surface area contributed by atoms with E-state index in [9.17, 15) is 0 Å². The number of nitrogens with two attached hydrogens (primary N) is 1. The molecule has 1 aromatic rings. The number of likely N-dealkylation sites (N-methyl/N-ethyl adjacent to an activating group) is 1. The fourth-order valence-electron chi connectivity index (χ4n) is 2.10. The quantitative estimate of drug-likeness (QED) is 0.792. The summed E-state index contributed by atoms with van der Waals surface area (Å²) >= 11 is 0. The van der Waals surface area contributed by atoms with Crippen LogP contribution in [0.4, 0.5) is 11.6 Å². The first-order valence-electron chi connectivity index (χ1n) is 5.62. The monoisotopic (exact) mass is 221 g/mol. The summed E-state index contributed by atoms with van der Waals surface area (Å²) in [7, 11) is 4.25. The number of nitrogens with one attached hydrogen (secondary N) is 1. The molecule has 5 heteroatoms. The van der Waals surface area contributed by atoms with Gasteiger partial charge in [0.2, 0.25) is 0 Å². The molecule has 0 radical (unpaired) electrons. The Kier molecular flexibility index (Phi) is 2.96.